The van der Waals surface area contributed by atoms with Crippen molar-refractivity contribution in [1.29, 1.82) is 0 Å². The van der Waals surface area contributed by atoms with Crippen LogP contribution in [0.4, 0.5) is 5.69 Å². The fourth-order valence-corrected chi connectivity index (χ4v) is 1.09. The Kier molecular flexibility index (Phi) is 4.05. The van der Waals surface area contributed by atoms with E-state index in [1.54, 1.807) is 0 Å². The van der Waals surface area contributed by atoms with E-state index in [-0.39, 0.29) is 18.4 Å². The number of rotatable bonds is 5. The predicted octanol–water partition coefficient (Wildman–Crippen LogP) is 1.74. The minimum atomic E-state index is -0.465. The molecule has 1 unspecified atom stereocenters. The maximum atomic E-state index is 10.4. The lowest BCUT2D eigenvalue weighted by atomic mass is 10.2. The average molecular weight is 211 g/mol. The van der Waals surface area contributed by atoms with Crippen LogP contribution in [0.25, 0.3) is 0 Å². The van der Waals surface area contributed by atoms with Gasteiger partial charge in [-0.05, 0) is 18.6 Å². The molecule has 0 amide bonds. The second-order valence-corrected chi connectivity index (χ2v) is 3.08. The van der Waals surface area contributed by atoms with Crippen LogP contribution < -0.4 is 4.74 Å². The molecule has 0 spiro atoms. The van der Waals surface area contributed by atoms with Crippen molar-refractivity contribution in [1.82, 2.24) is 0 Å². The Labute approximate surface area is 87.5 Å². The van der Waals surface area contributed by atoms with E-state index in [0.29, 0.717) is 12.2 Å². The van der Waals surface area contributed by atoms with Gasteiger partial charge in [-0.1, -0.05) is 6.92 Å². The Bertz CT molecular complexity index is 319. The van der Waals surface area contributed by atoms with Crippen LogP contribution in [0, 0.1) is 10.1 Å². The molecule has 0 heterocycles. The predicted molar refractivity (Wildman–Crippen MR) is 54.9 cm³/mol. The molecule has 0 fully saturated rings. The van der Waals surface area contributed by atoms with Crippen LogP contribution in [-0.4, -0.2) is 22.7 Å². The van der Waals surface area contributed by atoms with Crippen molar-refractivity contribution < 1.29 is 14.8 Å². The topological polar surface area (TPSA) is 72.6 Å². The van der Waals surface area contributed by atoms with Crippen LogP contribution in [0.5, 0.6) is 5.75 Å². The van der Waals surface area contributed by atoms with E-state index in [0.717, 1.165) is 0 Å². The van der Waals surface area contributed by atoms with E-state index in [9.17, 15) is 10.1 Å². The molecule has 0 aliphatic carbocycles. The van der Waals surface area contributed by atoms with Crippen molar-refractivity contribution in [2.24, 2.45) is 0 Å². The van der Waals surface area contributed by atoms with Gasteiger partial charge in [-0.3, -0.25) is 10.1 Å². The lowest BCUT2D eigenvalue weighted by Gasteiger charge is -2.14. The molecular weight excluding hydrogens is 198 g/mol. The highest BCUT2D eigenvalue weighted by Gasteiger charge is 2.08. The van der Waals surface area contributed by atoms with E-state index in [1.807, 2.05) is 6.92 Å². The first-order valence-corrected chi connectivity index (χ1v) is 4.69. The summed E-state index contributed by atoms with van der Waals surface area (Å²) < 4.78 is 5.37. The SMILES string of the molecule is CCC(CO)Oc1ccc([N+](=O)[O-])cc1. The van der Waals surface area contributed by atoms with Crippen molar-refractivity contribution in [3.8, 4) is 5.75 Å². The van der Waals surface area contributed by atoms with E-state index < -0.39 is 4.92 Å². The Balaban J connectivity index is 2.67. The molecule has 5 nitrogen and oxygen atoms in total. The van der Waals surface area contributed by atoms with Gasteiger partial charge in [-0.15, -0.1) is 0 Å². The zero-order valence-electron chi connectivity index (χ0n) is 8.42. The van der Waals surface area contributed by atoms with Crippen LogP contribution in [0.15, 0.2) is 24.3 Å². The third-order valence-electron chi connectivity index (χ3n) is 2.01. The molecule has 5 heteroatoms. The molecule has 1 aromatic carbocycles. The Morgan fingerprint density at radius 2 is 2.07 bits per heavy atom. The van der Waals surface area contributed by atoms with Crippen molar-refractivity contribution in [3.63, 3.8) is 0 Å². The van der Waals surface area contributed by atoms with Crippen molar-refractivity contribution in [2.75, 3.05) is 6.61 Å². The molecule has 0 aliphatic heterocycles. The third kappa shape index (κ3) is 3.21. The summed E-state index contributed by atoms with van der Waals surface area (Å²) in [5.41, 5.74) is 0.0272. The van der Waals surface area contributed by atoms with E-state index in [2.05, 4.69) is 0 Å². The first-order chi connectivity index (χ1) is 7.17. The summed E-state index contributed by atoms with van der Waals surface area (Å²) in [7, 11) is 0. The molecule has 1 atom stereocenters. The Morgan fingerprint density at radius 1 is 1.47 bits per heavy atom. The molecule has 1 rings (SSSR count). The summed E-state index contributed by atoms with van der Waals surface area (Å²) in [6, 6.07) is 5.80. The number of aliphatic hydroxyl groups excluding tert-OH is 1. The molecule has 1 N–H and O–H groups in total. The highest BCUT2D eigenvalue weighted by molar-refractivity contribution is 5.36. The quantitative estimate of drug-likeness (QED) is 0.594. The van der Waals surface area contributed by atoms with Gasteiger partial charge in [0.15, 0.2) is 0 Å². The van der Waals surface area contributed by atoms with Crippen molar-refractivity contribution in [3.05, 3.63) is 34.4 Å². The van der Waals surface area contributed by atoms with Crippen LogP contribution in [0.1, 0.15) is 13.3 Å². The van der Waals surface area contributed by atoms with Gasteiger partial charge in [-0.25, -0.2) is 0 Å². The fraction of sp³-hybridized carbons (Fsp3) is 0.400. The number of aliphatic hydroxyl groups is 1. The fourth-order valence-electron chi connectivity index (χ4n) is 1.09. The standard InChI is InChI=1S/C10H13NO4/c1-2-9(7-12)15-10-5-3-8(4-6-10)11(13)14/h3-6,9,12H,2,7H2,1H3. The largest absolute Gasteiger partial charge is 0.488 e. The number of hydrogen-bond acceptors (Lipinski definition) is 4. The lowest BCUT2D eigenvalue weighted by molar-refractivity contribution is -0.384. The first-order valence-electron chi connectivity index (χ1n) is 4.69. The van der Waals surface area contributed by atoms with Gasteiger partial charge < -0.3 is 9.84 Å². The summed E-state index contributed by atoms with van der Waals surface area (Å²) >= 11 is 0. The van der Waals surface area contributed by atoms with Gasteiger partial charge >= 0.3 is 0 Å². The Hall–Kier alpha value is -1.62. The zero-order chi connectivity index (χ0) is 11.3. The maximum Gasteiger partial charge on any atom is 0.269 e. The molecule has 0 radical (unpaired) electrons. The lowest BCUT2D eigenvalue weighted by Crippen LogP contribution is -2.19. The van der Waals surface area contributed by atoms with E-state index >= 15 is 0 Å². The minimum Gasteiger partial charge on any atom is -0.488 e. The summed E-state index contributed by atoms with van der Waals surface area (Å²) in [5.74, 6) is 0.529. The molecule has 1 aromatic rings. The second kappa shape index (κ2) is 5.31. The molecule has 15 heavy (non-hydrogen) atoms. The number of ether oxygens (including phenoxy) is 1. The number of nitrogens with zero attached hydrogens (tertiary/aromatic N) is 1. The number of non-ortho nitro benzene ring substituents is 1. The van der Waals surface area contributed by atoms with E-state index in [4.69, 9.17) is 9.84 Å². The molecule has 0 saturated heterocycles. The van der Waals surface area contributed by atoms with Gasteiger partial charge in [0.2, 0.25) is 0 Å². The number of nitro benzene ring substituents is 1. The summed E-state index contributed by atoms with van der Waals surface area (Å²) in [6.07, 6.45) is 0.430. The van der Waals surface area contributed by atoms with Crippen LogP contribution in [-0.2, 0) is 0 Å². The second-order valence-electron chi connectivity index (χ2n) is 3.08. The highest BCUT2D eigenvalue weighted by atomic mass is 16.6. The molecule has 0 saturated carbocycles. The van der Waals surface area contributed by atoms with E-state index in [1.165, 1.54) is 24.3 Å². The van der Waals surface area contributed by atoms with Crippen LogP contribution in [0.2, 0.25) is 0 Å². The third-order valence-corrected chi connectivity index (χ3v) is 2.01. The number of hydrogen-bond donors (Lipinski definition) is 1. The Morgan fingerprint density at radius 3 is 2.47 bits per heavy atom. The maximum absolute atomic E-state index is 10.4. The highest BCUT2D eigenvalue weighted by Crippen LogP contribution is 2.18. The molecule has 0 aromatic heterocycles. The van der Waals surface area contributed by atoms with Gasteiger partial charge in [-0.2, -0.15) is 0 Å². The smallest absolute Gasteiger partial charge is 0.269 e. The van der Waals surface area contributed by atoms with Gasteiger partial charge in [0, 0.05) is 12.1 Å². The summed E-state index contributed by atoms with van der Waals surface area (Å²) in [6.45, 7) is 1.83. The first kappa shape index (κ1) is 11.5. The monoisotopic (exact) mass is 211 g/mol. The number of benzene rings is 1. The number of nitro groups is 1. The van der Waals surface area contributed by atoms with Crippen LogP contribution in [0.3, 0.4) is 0 Å². The van der Waals surface area contributed by atoms with Crippen molar-refractivity contribution >= 4 is 5.69 Å². The molecular formula is C10H13NO4. The van der Waals surface area contributed by atoms with Gasteiger partial charge in [0.05, 0.1) is 11.5 Å². The van der Waals surface area contributed by atoms with Gasteiger partial charge in [0.25, 0.3) is 5.69 Å². The summed E-state index contributed by atoms with van der Waals surface area (Å²) in [5, 5.41) is 19.3. The normalized spacial score (nSPS) is 12.1. The minimum absolute atomic E-state index is 0.0272. The van der Waals surface area contributed by atoms with Crippen molar-refractivity contribution in [2.45, 2.75) is 19.4 Å². The summed E-state index contributed by atoms with van der Waals surface area (Å²) in [4.78, 5) is 9.91. The molecule has 0 aliphatic rings. The zero-order valence-corrected chi connectivity index (χ0v) is 8.42. The van der Waals surface area contributed by atoms with Gasteiger partial charge in [0.1, 0.15) is 11.9 Å². The van der Waals surface area contributed by atoms with Crippen LogP contribution >= 0.6 is 0 Å². The average Bonchev–Trinajstić information content (AvgIpc) is 2.26. The molecule has 0 bridgehead atoms. The molecule has 82 valence electrons.